The largest absolute Gasteiger partial charge is 0.481 e. The molecule has 1 amide bonds. The zero-order valence-electron chi connectivity index (χ0n) is 16.4. The molecule has 1 saturated carbocycles. The van der Waals surface area contributed by atoms with Gasteiger partial charge in [-0.3, -0.25) is 4.79 Å². The second kappa shape index (κ2) is 8.52. The molecular formula is C23H27ClN2O2. The number of halogens is 1. The van der Waals surface area contributed by atoms with Crippen LogP contribution in [0.25, 0.3) is 11.1 Å². The number of aromatic nitrogens is 1. The monoisotopic (exact) mass is 398 g/mol. The molecule has 28 heavy (non-hydrogen) atoms. The molecule has 2 aliphatic rings. The average molecular weight is 399 g/mol. The van der Waals surface area contributed by atoms with E-state index in [1.54, 1.807) is 13.3 Å². The van der Waals surface area contributed by atoms with Gasteiger partial charge in [0.25, 0.3) is 0 Å². The summed E-state index contributed by atoms with van der Waals surface area (Å²) in [5.41, 5.74) is 3.15. The van der Waals surface area contributed by atoms with Gasteiger partial charge in [0.1, 0.15) is 0 Å². The van der Waals surface area contributed by atoms with Crippen molar-refractivity contribution in [2.24, 2.45) is 5.92 Å². The Morgan fingerprint density at radius 3 is 2.89 bits per heavy atom. The van der Waals surface area contributed by atoms with Gasteiger partial charge in [-0.05, 0) is 67.3 Å². The van der Waals surface area contributed by atoms with Gasteiger partial charge in [-0.25, -0.2) is 4.98 Å². The highest BCUT2D eigenvalue weighted by atomic mass is 35.5. The highest BCUT2D eigenvalue weighted by molar-refractivity contribution is 6.31. The van der Waals surface area contributed by atoms with Crippen molar-refractivity contribution >= 4 is 17.5 Å². The van der Waals surface area contributed by atoms with E-state index in [2.05, 4.69) is 22.0 Å². The molecule has 1 aromatic carbocycles. The van der Waals surface area contributed by atoms with E-state index in [0.717, 1.165) is 54.8 Å². The average Bonchev–Trinajstić information content (AvgIpc) is 3.15. The van der Waals surface area contributed by atoms with Crippen molar-refractivity contribution in [2.75, 3.05) is 13.7 Å². The van der Waals surface area contributed by atoms with Crippen molar-refractivity contribution in [3.63, 3.8) is 0 Å². The molecule has 2 aromatic rings. The van der Waals surface area contributed by atoms with Crippen LogP contribution in [0.1, 0.15) is 44.1 Å². The summed E-state index contributed by atoms with van der Waals surface area (Å²) in [7, 11) is 1.63. The fraction of sp³-hybridized carbons (Fsp3) is 0.478. The summed E-state index contributed by atoms with van der Waals surface area (Å²) in [5, 5.41) is 0.794. The van der Waals surface area contributed by atoms with Crippen LogP contribution in [0, 0.1) is 5.92 Å². The summed E-state index contributed by atoms with van der Waals surface area (Å²) < 4.78 is 5.37. The van der Waals surface area contributed by atoms with Gasteiger partial charge in [-0.2, -0.15) is 0 Å². The Morgan fingerprint density at radius 2 is 2.14 bits per heavy atom. The lowest BCUT2D eigenvalue weighted by Gasteiger charge is -2.35. The summed E-state index contributed by atoms with van der Waals surface area (Å²) >= 11 is 6.65. The smallest absolute Gasteiger partial charge is 0.222 e. The van der Waals surface area contributed by atoms with Gasteiger partial charge < -0.3 is 9.64 Å². The highest BCUT2D eigenvalue weighted by Crippen LogP contribution is 2.35. The van der Waals surface area contributed by atoms with Crippen LogP contribution in [0.3, 0.4) is 0 Å². The van der Waals surface area contributed by atoms with E-state index >= 15 is 0 Å². The lowest BCUT2D eigenvalue weighted by molar-refractivity contribution is -0.130. The van der Waals surface area contributed by atoms with E-state index < -0.39 is 0 Å². The summed E-state index contributed by atoms with van der Waals surface area (Å²) in [5.74, 6) is 1.54. The predicted molar refractivity (Wildman–Crippen MR) is 112 cm³/mol. The quantitative estimate of drug-likeness (QED) is 0.700. The summed E-state index contributed by atoms with van der Waals surface area (Å²) in [6, 6.07) is 10.6. The molecule has 148 valence electrons. The number of benzene rings is 1. The first kappa shape index (κ1) is 19.3. The molecule has 2 unspecified atom stereocenters. The van der Waals surface area contributed by atoms with Crippen LogP contribution in [0.2, 0.25) is 5.02 Å². The molecule has 1 aliphatic carbocycles. The molecule has 0 spiro atoms. The van der Waals surface area contributed by atoms with Crippen molar-refractivity contribution in [3.05, 3.63) is 47.1 Å². The molecule has 2 atom stereocenters. The fourth-order valence-corrected chi connectivity index (χ4v) is 5.01. The third kappa shape index (κ3) is 4.02. The number of nitrogens with zero attached hydrogens (tertiary/aromatic N) is 2. The Balaban J connectivity index is 1.47. The number of methoxy groups -OCH3 is 1. The van der Waals surface area contributed by atoms with Crippen LogP contribution in [-0.2, 0) is 11.2 Å². The maximum absolute atomic E-state index is 12.1. The molecule has 2 fully saturated rings. The number of carbonyl (C=O) groups excluding carboxylic acids is 1. The normalized spacial score (nSPS) is 22.5. The van der Waals surface area contributed by atoms with E-state index in [9.17, 15) is 4.79 Å². The molecule has 0 N–H and O–H groups in total. The predicted octanol–water partition coefficient (Wildman–Crippen LogP) is 5.13. The summed E-state index contributed by atoms with van der Waals surface area (Å²) in [4.78, 5) is 18.5. The topological polar surface area (TPSA) is 42.4 Å². The van der Waals surface area contributed by atoms with E-state index in [1.807, 2.05) is 18.2 Å². The lowest BCUT2D eigenvalue weighted by Crippen LogP contribution is -2.39. The minimum Gasteiger partial charge on any atom is -0.481 e. The molecular weight excluding hydrogens is 372 g/mol. The zero-order chi connectivity index (χ0) is 19.5. The van der Waals surface area contributed by atoms with Crippen molar-refractivity contribution in [3.8, 4) is 17.0 Å². The van der Waals surface area contributed by atoms with E-state index in [-0.39, 0.29) is 0 Å². The van der Waals surface area contributed by atoms with Gasteiger partial charge in [0, 0.05) is 35.8 Å². The molecule has 4 nitrogen and oxygen atoms in total. The van der Waals surface area contributed by atoms with E-state index in [1.165, 1.54) is 18.4 Å². The second-order valence-electron chi connectivity index (χ2n) is 7.95. The van der Waals surface area contributed by atoms with Crippen LogP contribution in [-0.4, -0.2) is 35.5 Å². The molecule has 5 heteroatoms. The van der Waals surface area contributed by atoms with Crippen LogP contribution >= 0.6 is 11.6 Å². The first-order chi connectivity index (χ1) is 13.7. The number of carbonyl (C=O) groups is 1. The van der Waals surface area contributed by atoms with Gasteiger partial charge in [-0.15, -0.1) is 0 Å². The van der Waals surface area contributed by atoms with Crippen LogP contribution in [0.15, 0.2) is 36.5 Å². The molecule has 1 aromatic heterocycles. The molecule has 1 aliphatic heterocycles. The van der Waals surface area contributed by atoms with Gasteiger partial charge in [0.15, 0.2) is 0 Å². The van der Waals surface area contributed by atoms with Crippen molar-refractivity contribution in [2.45, 2.75) is 51.0 Å². The van der Waals surface area contributed by atoms with Gasteiger partial charge >= 0.3 is 0 Å². The van der Waals surface area contributed by atoms with Crippen molar-refractivity contribution in [1.82, 2.24) is 9.88 Å². The van der Waals surface area contributed by atoms with Gasteiger partial charge in [0.2, 0.25) is 11.8 Å². The van der Waals surface area contributed by atoms with Crippen LogP contribution < -0.4 is 4.74 Å². The first-order valence-corrected chi connectivity index (χ1v) is 10.6. The number of amides is 1. The number of likely N-dealkylation sites (tertiary alicyclic amines) is 1. The SMILES string of the molecule is COc1ncccc1-c1ccc(CC2CCCC(N3CCCC3=O)C2)c(Cl)c1. The fourth-order valence-electron chi connectivity index (χ4n) is 4.75. The highest BCUT2D eigenvalue weighted by Gasteiger charge is 2.32. The number of rotatable bonds is 5. The molecule has 2 heterocycles. The molecule has 0 bridgehead atoms. The minimum absolute atomic E-state index is 0.346. The summed E-state index contributed by atoms with van der Waals surface area (Å²) in [6.07, 6.45) is 9.10. The molecule has 1 saturated heterocycles. The maximum atomic E-state index is 12.1. The Kier molecular flexibility index (Phi) is 5.86. The van der Waals surface area contributed by atoms with E-state index in [0.29, 0.717) is 23.7 Å². The zero-order valence-corrected chi connectivity index (χ0v) is 17.1. The Hall–Kier alpha value is -2.07. The Morgan fingerprint density at radius 1 is 1.25 bits per heavy atom. The Bertz CT molecular complexity index is 854. The number of hydrogen-bond acceptors (Lipinski definition) is 3. The minimum atomic E-state index is 0.346. The second-order valence-corrected chi connectivity index (χ2v) is 8.35. The van der Waals surface area contributed by atoms with Gasteiger partial charge in [-0.1, -0.05) is 30.2 Å². The number of hydrogen-bond donors (Lipinski definition) is 0. The van der Waals surface area contributed by atoms with Crippen LogP contribution in [0.5, 0.6) is 5.88 Å². The number of pyridine rings is 1. The lowest BCUT2D eigenvalue weighted by atomic mass is 9.81. The third-order valence-electron chi connectivity index (χ3n) is 6.14. The number of ether oxygens (including phenoxy) is 1. The summed E-state index contributed by atoms with van der Waals surface area (Å²) in [6.45, 7) is 0.943. The first-order valence-electron chi connectivity index (χ1n) is 10.2. The molecule has 0 radical (unpaired) electrons. The van der Waals surface area contributed by atoms with E-state index in [4.69, 9.17) is 16.3 Å². The van der Waals surface area contributed by atoms with Gasteiger partial charge in [0.05, 0.1) is 7.11 Å². The maximum Gasteiger partial charge on any atom is 0.222 e. The standard InChI is InChI=1S/C23H27ClN2O2/c1-28-23-20(7-3-11-25-23)17-9-10-18(21(24)15-17)13-16-5-2-6-19(14-16)26-12-4-8-22(26)27/h3,7,9-11,15-16,19H,2,4-6,8,12-14H2,1H3. The third-order valence-corrected chi connectivity index (χ3v) is 6.49. The van der Waals surface area contributed by atoms with Crippen molar-refractivity contribution in [1.29, 1.82) is 0 Å². The van der Waals surface area contributed by atoms with Crippen molar-refractivity contribution < 1.29 is 9.53 Å². The van der Waals surface area contributed by atoms with Crippen LogP contribution in [0.4, 0.5) is 0 Å². The molecule has 4 rings (SSSR count). The Labute approximate surface area is 171 Å².